The maximum absolute atomic E-state index is 12.0. The van der Waals surface area contributed by atoms with Gasteiger partial charge in [0.2, 0.25) is 6.41 Å². The Kier molecular flexibility index (Phi) is 8.05. The lowest BCUT2D eigenvalue weighted by Crippen LogP contribution is -2.41. The van der Waals surface area contributed by atoms with Gasteiger partial charge in [0.05, 0.1) is 30.6 Å². The number of fused-ring (bicyclic) bond motifs is 1. The molecule has 2 heterocycles. The number of carbonyl (C=O) groups is 1. The van der Waals surface area contributed by atoms with Crippen molar-refractivity contribution in [2.75, 3.05) is 29.3 Å². The maximum Gasteiger partial charge on any atom is 0.211 e. The van der Waals surface area contributed by atoms with Crippen molar-refractivity contribution >= 4 is 41.3 Å². The van der Waals surface area contributed by atoms with Crippen molar-refractivity contribution in [3.63, 3.8) is 0 Å². The average molecular weight is 476 g/mol. The van der Waals surface area contributed by atoms with Crippen molar-refractivity contribution in [1.29, 1.82) is 0 Å². The fraction of sp³-hybridized carbons (Fsp3) is 0.722. The summed E-state index contributed by atoms with van der Waals surface area (Å²) in [5.74, 6) is -0.0691. The molecule has 2 N–H and O–H groups in total. The number of nitrogens with zero attached hydrogens (tertiary/aromatic N) is 4. The monoisotopic (exact) mass is 475 g/mol. The van der Waals surface area contributed by atoms with Crippen LogP contribution in [0.4, 0.5) is 11.5 Å². The standard InChI is InChI=1S/C18H26ClN5O6S/c1-4-7-31-17-21-15(19)12(20-9-26)16(22-17)24(23-27)10-8-11(28-6-5-25)14-13(10)29-18(2,3)30-14/h9-11,13-14,25H,4-8H2,1-3H3,(H,20,26)/t10-,11+,13+,14-/m1/s1. The molecule has 0 spiro atoms. The van der Waals surface area contributed by atoms with Gasteiger partial charge >= 0.3 is 0 Å². The number of hydrogen-bond acceptors (Lipinski definition) is 10. The Bertz CT molecular complexity index is 803. The summed E-state index contributed by atoms with van der Waals surface area (Å²) in [5, 5.41) is 16.3. The number of ether oxygens (including phenoxy) is 3. The fourth-order valence-corrected chi connectivity index (χ4v) is 4.74. The number of nitrogens with one attached hydrogen (secondary N) is 1. The molecule has 1 saturated carbocycles. The Balaban J connectivity index is 1.99. The number of amides is 1. The third kappa shape index (κ3) is 5.26. The van der Waals surface area contributed by atoms with Crippen LogP contribution < -0.4 is 10.3 Å². The summed E-state index contributed by atoms with van der Waals surface area (Å²) in [7, 11) is 0. The second-order valence-electron chi connectivity index (χ2n) is 7.53. The van der Waals surface area contributed by atoms with Crippen LogP contribution in [0.25, 0.3) is 0 Å². The highest BCUT2D eigenvalue weighted by Crippen LogP contribution is 2.44. The number of carbonyl (C=O) groups excluding carboxylic acids is 1. The molecule has 1 aliphatic carbocycles. The zero-order valence-electron chi connectivity index (χ0n) is 17.5. The Morgan fingerprint density at radius 1 is 1.42 bits per heavy atom. The minimum Gasteiger partial charge on any atom is -0.394 e. The maximum atomic E-state index is 12.0. The van der Waals surface area contributed by atoms with Gasteiger partial charge in [-0.05, 0) is 20.3 Å². The molecule has 3 rings (SSSR count). The van der Waals surface area contributed by atoms with E-state index in [1.807, 2.05) is 6.92 Å². The van der Waals surface area contributed by atoms with Crippen molar-refractivity contribution in [2.45, 2.75) is 68.9 Å². The summed E-state index contributed by atoms with van der Waals surface area (Å²) >= 11 is 7.66. The highest BCUT2D eigenvalue weighted by molar-refractivity contribution is 7.99. The quantitative estimate of drug-likeness (QED) is 0.122. The van der Waals surface area contributed by atoms with E-state index in [-0.39, 0.29) is 29.9 Å². The van der Waals surface area contributed by atoms with Crippen LogP contribution in [0.1, 0.15) is 33.6 Å². The van der Waals surface area contributed by atoms with Crippen LogP contribution >= 0.6 is 23.4 Å². The minimum absolute atomic E-state index is 0.00380. The number of hydrogen-bond donors (Lipinski definition) is 2. The van der Waals surface area contributed by atoms with E-state index in [1.165, 1.54) is 11.8 Å². The Hall–Kier alpha value is -1.57. The first kappa shape index (κ1) is 24.1. The van der Waals surface area contributed by atoms with E-state index in [1.54, 1.807) is 13.8 Å². The molecule has 13 heteroatoms. The molecule has 4 atom stereocenters. The number of halogens is 1. The Labute approximate surface area is 189 Å². The third-order valence-electron chi connectivity index (χ3n) is 4.89. The molecule has 0 radical (unpaired) electrons. The summed E-state index contributed by atoms with van der Waals surface area (Å²) in [6.45, 7) is 5.52. The number of rotatable bonds is 11. The van der Waals surface area contributed by atoms with Crippen LogP contribution in [0.3, 0.4) is 0 Å². The van der Waals surface area contributed by atoms with Gasteiger partial charge in [0.15, 0.2) is 21.9 Å². The first-order valence-electron chi connectivity index (χ1n) is 9.96. The average Bonchev–Trinajstić information content (AvgIpc) is 3.21. The van der Waals surface area contributed by atoms with Crippen molar-refractivity contribution in [3.8, 4) is 0 Å². The van der Waals surface area contributed by atoms with Gasteiger partial charge in [-0.1, -0.05) is 30.3 Å². The SMILES string of the molecule is CCCSc1nc(Cl)c(NC=O)c(N(N=O)[C@@H]2C[C@H](OCCO)[C@H]3OC(C)(C)O[C@H]32)n1. The molecule has 1 aromatic heterocycles. The smallest absolute Gasteiger partial charge is 0.211 e. The van der Waals surface area contributed by atoms with Crippen molar-refractivity contribution in [2.24, 2.45) is 5.29 Å². The molecular weight excluding hydrogens is 450 g/mol. The van der Waals surface area contributed by atoms with Gasteiger partial charge < -0.3 is 24.6 Å². The summed E-state index contributed by atoms with van der Waals surface area (Å²) in [5.41, 5.74) is 0.0755. The molecule has 1 aromatic rings. The first-order valence-corrected chi connectivity index (χ1v) is 11.3. The third-order valence-corrected chi connectivity index (χ3v) is 6.22. The number of aliphatic hydroxyl groups is 1. The summed E-state index contributed by atoms with van der Waals surface area (Å²) in [6, 6.07) is -0.602. The lowest BCUT2D eigenvalue weighted by atomic mass is 10.2. The number of thioether (sulfide) groups is 1. The van der Waals surface area contributed by atoms with Crippen LogP contribution in [-0.4, -0.2) is 70.6 Å². The Morgan fingerprint density at radius 2 is 2.16 bits per heavy atom. The lowest BCUT2D eigenvalue weighted by molar-refractivity contribution is -0.168. The largest absolute Gasteiger partial charge is 0.394 e. The van der Waals surface area contributed by atoms with Gasteiger partial charge in [-0.3, -0.25) is 4.79 Å². The second-order valence-corrected chi connectivity index (χ2v) is 8.95. The highest BCUT2D eigenvalue weighted by Gasteiger charge is 2.57. The molecule has 31 heavy (non-hydrogen) atoms. The highest BCUT2D eigenvalue weighted by atomic mass is 35.5. The van der Waals surface area contributed by atoms with Gasteiger partial charge in [0.25, 0.3) is 0 Å². The lowest BCUT2D eigenvalue weighted by Gasteiger charge is -2.28. The predicted octanol–water partition coefficient (Wildman–Crippen LogP) is 2.36. The Morgan fingerprint density at radius 3 is 2.81 bits per heavy atom. The summed E-state index contributed by atoms with van der Waals surface area (Å²) in [4.78, 5) is 31.8. The van der Waals surface area contributed by atoms with E-state index in [0.29, 0.717) is 18.0 Å². The van der Waals surface area contributed by atoms with Gasteiger partial charge in [-0.25, -0.2) is 15.0 Å². The van der Waals surface area contributed by atoms with E-state index in [4.69, 9.17) is 30.9 Å². The van der Waals surface area contributed by atoms with Gasteiger partial charge in [0.1, 0.15) is 17.9 Å². The van der Waals surface area contributed by atoms with E-state index in [9.17, 15) is 9.70 Å². The number of anilines is 2. The van der Waals surface area contributed by atoms with E-state index in [2.05, 4.69) is 20.6 Å². The number of aliphatic hydroxyl groups excluding tert-OH is 1. The van der Waals surface area contributed by atoms with Crippen molar-refractivity contribution < 1.29 is 24.1 Å². The van der Waals surface area contributed by atoms with Crippen molar-refractivity contribution in [3.05, 3.63) is 10.1 Å². The van der Waals surface area contributed by atoms with Crippen LogP contribution in [0, 0.1) is 4.91 Å². The summed E-state index contributed by atoms with van der Waals surface area (Å²) < 4.78 is 17.8. The van der Waals surface area contributed by atoms with E-state index >= 15 is 0 Å². The zero-order valence-corrected chi connectivity index (χ0v) is 19.1. The molecule has 1 saturated heterocycles. The normalized spacial score (nSPS) is 26.5. The van der Waals surface area contributed by atoms with Gasteiger partial charge in [-0.2, -0.15) is 0 Å². The van der Waals surface area contributed by atoms with Crippen molar-refractivity contribution in [1.82, 2.24) is 9.97 Å². The first-order chi connectivity index (χ1) is 14.8. The number of aromatic nitrogens is 2. The topological polar surface area (TPSA) is 135 Å². The van der Waals surface area contributed by atoms with Gasteiger partial charge in [0, 0.05) is 12.2 Å². The molecule has 1 amide bonds. The van der Waals surface area contributed by atoms with E-state index < -0.39 is 30.1 Å². The summed E-state index contributed by atoms with van der Waals surface area (Å²) in [6.07, 6.45) is 0.198. The second kappa shape index (κ2) is 10.4. The number of nitroso groups, excluding NO2 is 1. The van der Waals surface area contributed by atoms with Crippen LogP contribution in [0.5, 0.6) is 0 Å². The van der Waals surface area contributed by atoms with E-state index in [0.717, 1.165) is 17.2 Å². The van der Waals surface area contributed by atoms with Crippen LogP contribution in [-0.2, 0) is 19.0 Å². The van der Waals surface area contributed by atoms with Crippen LogP contribution in [0.2, 0.25) is 5.15 Å². The molecule has 2 fully saturated rings. The predicted molar refractivity (Wildman–Crippen MR) is 115 cm³/mol. The van der Waals surface area contributed by atoms with Gasteiger partial charge in [-0.15, -0.1) is 4.91 Å². The fourth-order valence-electron chi connectivity index (χ4n) is 3.78. The molecule has 1 aliphatic heterocycles. The molecule has 0 aromatic carbocycles. The molecular formula is C18H26ClN5O6S. The van der Waals surface area contributed by atoms with Crippen LogP contribution in [0.15, 0.2) is 10.4 Å². The molecule has 172 valence electrons. The molecule has 11 nitrogen and oxygen atoms in total. The molecule has 0 bridgehead atoms. The molecule has 2 aliphatic rings. The minimum atomic E-state index is -0.890. The molecule has 0 unspecified atom stereocenters. The zero-order chi connectivity index (χ0) is 22.6.